The molecular weight excluding hydrogens is 266 g/mol. The molecule has 0 unspecified atom stereocenters. The van der Waals surface area contributed by atoms with Gasteiger partial charge in [0.05, 0.1) is 12.5 Å². The van der Waals surface area contributed by atoms with E-state index < -0.39 is 0 Å². The summed E-state index contributed by atoms with van der Waals surface area (Å²) in [5.74, 6) is 0.260. The van der Waals surface area contributed by atoms with E-state index in [1.807, 2.05) is 13.0 Å². The van der Waals surface area contributed by atoms with Crippen molar-refractivity contribution in [3.05, 3.63) is 28.8 Å². The number of hydrogen-bond acceptors (Lipinski definition) is 4. The maximum absolute atomic E-state index is 11.4. The first-order chi connectivity index (χ1) is 9.04. The number of ether oxygens (including phenoxy) is 1. The van der Waals surface area contributed by atoms with E-state index >= 15 is 0 Å². The minimum atomic E-state index is -0.277. The number of nitrogens with two attached hydrogens (primary N) is 1. The van der Waals surface area contributed by atoms with Crippen LogP contribution in [0.1, 0.15) is 24.9 Å². The normalized spacial score (nSPS) is 11.5. The van der Waals surface area contributed by atoms with Gasteiger partial charge in [0.2, 0.25) is 0 Å². The van der Waals surface area contributed by atoms with Gasteiger partial charge in [0.1, 0.15) is 5.75 Å². The first-order valence-electron chi connectivity index (χ1n) is 5.86. The molecule has 0 saturated carbocycles. The predicted octanol–water partition coefficient (Wildman–Crippen LogP) is 1.77. The molecule has 0 aromatic heterocycles. The molecule has 0 radical (unpaired) electrons. The zero-order chi connectivity index (χ0) is 14.3. The molecule has 3 N–H and O–H groups in total. The Morgan fingerprint density at radius 1 is 1.63 bits per heavy atom. The SMILES string of the molecule is C[C@@H](N)c1cc(Cl)ccc1OCC(=O)NCCC#N. The summed E-state index contributed by atoms with van der Waals surface area (Å²) in [5.41, 5.74) is 6.56. The van der Waals surface area contributed by atoms with Crippen LogP contribution < -0.4 is 15.8 Å². The number of hydrogen-bond donors (Lipinski definition) is 2. The van der Waals surface area contributed by atoms with E-state index in [2.05, 4.69) is 5.32 Å². The average Bonchev–Trinajstić information content (AvgIpc) is 2.37. The maximum atomic E-state index is 11.4. The molecule has 1 rings (SSSR count). The number of benzene rings is 1. The predicted molar refractivity (Wildman–Crippen MR) is 72.8 cm³/mol. The summed E-state index contributed by atoms with van der Waals surface area (Å²) in [7, 11) is 0. The van der Waals surface area contributed by atoms with Gasteiger partial charge in [0.25, 0.3) is 5.91 Å². The summed E-state index contributed by atoms with van der Waals surface area (Å²) in [4.78, 5) is 11.4. The number of rotatable bonds is 6. The molecule has 0 spiro atoms. The largest absolute Gasteiger partial charge is 0.483 e. The molecule has 0 aliphatic carbocycles. The lowest BCUT2D eigenvalue weighted by atomic mass is 10.1. The summed E-state index contributed by atoms with van der Waals surface area (Å²) >= 11 is 5.89. The minimum absolute atomic E-state index is 0.118. The third-order valence-electron chi connectivity index (χ3n) is 2.38. The van der Waals surface area contributed by atoms with Gasteiger partial charge in [-0.15, -0.1) is 0 Å². The number of nitriles is 1. The summed E-state index contributed by atoms with van der Waals surface area (Å²) in [6.45, 7) is 2.01. The Morgan fingerprint density at radius 3 is 3.00 bits per heavy atom. The van der Waals surface area contributed by atoms with Gasteiger partial charge in [-0.2, -0.15) is 5.26 Å². The van der Waals surface area contributed by atoms with E-state index in [-0.39, 0.29) is 25.0 Å². The Labute approximate surface area is 117 Å². The zero-order valence-electron chi connectivity index (χ0n) is 10.6. The van der Waals surface area contributed by atoms with Gasteiger partial charge in [0, 0.05) is 23.2 Å². The van der Waals surface area contributed by atoms with Crippen molar-refractivity contribution in [1.29, 1.82) is 5.26 Å². The quantitative estimate of drug-likeness (QED) is 0.778. The van der Waals surface area contributed by atoms with E-state index in [9.17, 15) is 4.79 Å². The van der Waals surface area contributed by atoms with Crippen LogP contribution in [0.3, 0.4) is 0 Å². The van der Waals surface area contributed by atoms with Crippen molar-refractivity contribution in [3.63, 3.8) is 0 Å². The Bertz CT molecular complexity index is 483. The molecule has 1 aromatic carbocycles. The highest BCUT2D eigenvalue weighted by molar-refractivity contribution is 6.30. The highest BCUT2D eigenvalue weighted by Crippen LogP contribution is 2.27. The van der Waals surface area contributed by atoms with Crippen LogP contribution in [0.4, 0.5) is 0 Å². The van der Waals surface area contributed by atoms with Crippen LogP contribution in [0.15, 0.2) is 18.2 Å². The van der Waals surface area contributed by atoms with Gasteiger partial charge < -0.3 is 15.8 Å². The van der Waals surface area contributed by atoms with Crippen LogP contribution >= 0.6 is 11.6 Å². The first kappa shape index (κ1) is 15.3. The van der Waals surface area contributed by atoms with Crippen LogP contribution in [0.5, 0.6) is 5.75 Å². The highest BCUT2D eigenvalue weighted by Gasteiger charge is 2.10. The second-order valence-electron chi connectivity index (χ2n) is 4.02. The maximum Gasteiger partial charge on any atom is 0.257 e. The van der Waals surface area contributed by atoms with Crippen molar-refractivity contribution in [2.75, 3.05) is 13.2 Å². The van der Waals surface area contributed by atoms with Gasteiger partial charge >= 0.3 is 0 Å². The van der Waals surface area contributed by atoms with Gasteiger partial charge in [0.15, 0.2) is 6.61 Å². The molecule has 1 aromatic rings. The molecular formula is C13H16ClN3O2. The van der Waals surface area contributed by atoms with E-state index in [4.69, 9.17) is 27.3 Å². The lowest BCUT2D eigenvalue weighted by Gasteiger charge is -2.14. The summed E-state index contributed by atoms with van der Waals surface area (Å²) in [6.07, 6.45) is 0.276. The molecule has 19 heavy (non-hydrogen) atoms. The van der Waals surface area contributed by atoms with Gasteiger partial charge in [-0.25, -0.2) is 0 Å². The fraction of sp³-hybridized carbons (Fsp3) is 0.385. The van der Waals surface area contributed by atoms with E-state index in [1.54, 1.807) is 18.2 Å². The van der Waals surface area contributed by atoms with Crippen molar-refractivity contribution >= 4 is 17.5 Å². The monoisotopic (exact) mass is 281 g/mol. The third kappa shape index (κ3) is 5.16. The number of carbonyl (C=O) groups excluding carboxylic acids is 1. The second-order valence-corrected chi connectivity index (χ2v) is 4.45. The second kappa shape index (κ2) is 7.62. The highest BCUT2D eigenvalue weighted by atomic mass is 35.5. The Hall–Kier alpha value is -1.77. The number of nitrogens with zero attached hydrogens (tertiary/aromatic N) is 1. The number of nitrogens with one attached hydrogen (secondary N) is 1. The third-order valence-corrected chi connectivity index (χ3v) is 2.62. The molecule has 6 heteroatoms. The zero-order valence-corrected chi connectivity index (χ0v) is 11.4. The molecule has 1 amide bonds. The Kier molecular flexibility index (Phi) is 6.13. The smallest absolute Gasteiger partial charge is 0.257 e. The topological polar surface area (TPSA) is 88.1 Å². The average molecular weight is 282 g/mol. The molecule has 0 aliphatic rings. The Morgan fingerprint density at radius 2 is 2.37 bits per heavy atom. The van der Waals surface area contributed by atoms with Crippen LogP contribution in [-0.2, 0) is 4.79 Å². The lowest BCUT2D eigenvalue weighted by Crippen LogP contribution is -2.29. The van der Waals surface area contributed by atoms with E-state index in [0.717, 1.165) is 5.56 Å². The first-order valence-corrected chi connectivity index (χ1v) is 6.24. The molecule has 0 fully saturated rings. The van der Waals surface area contributed by atoms with Crippen LogP contribution in [0.2, 0.25) is 5.02 Å². The van der Waals surface area contributed by atoms with Crippen LogP contribution in [-0.4, -0.2) is 19.1 Å². The molecule has 0 bridgehead atoms. The summed E-state index contributed by atoms with van der Waals surface area (Å²) in [5, 5.41) is 11.5. The van der Waals surface area contributed by atoms with Crippen molar-refractivity contribution < 1.29 is 9.53 Å². The van der Waals surface area contributed by atoms with Crippen molar-refractivity contribution in [2.24, 2.45) is 5.73 Å². The fourth-order valence-electron chi connectivity index (χ4n) is 1.46. The number of carbonyl (C=O) groups is 1. The minimum Gasteiger partial charge on any atom is -0.483 e. The van der Waals surface area contributed by atoms with Gasteiger partial charge in [-0.1, -0.05) is 11.6 Å². The van der Waals surface area contributed by atoms with Crippen molar-refractivity contribution in [2.45, 2.75) is 19.4 Å². The standard InChI is InChI=1S/C13H16ClN3O2/c1-9(16)11-7-10(14)3-4-12(11)19-8-13(18)17-6-2-5-15/h3-4,7,9H,2,6,8,16H2,1H3,(H,17,18)/t9-/m1/s1. The Balaban J connectivity index is 2.58. The van der Waals surface area contributed by atoms with Gasteiger partial charge in [-0.05, 0) is 25.1 Å². The number of halogens is 1. The summed E-state index contributed by atoms with van der Waals surface area (Å²) in [6, 6.07) is 6.78. The lowest BCUT2D eigenvalue weighted by molar-refractivity contribution is -0.123. The van der Waals surface area contributed by atoms with E-state index in [0.29, 0.717) is 17.3 Å². The van der Waals surface area contributed by atoms with E-state index in [1.165, 1.54) is 0 Å². The molecule has 0 saturated heterocycles. The van der Waals surface area contributed by atoms with Crippen LogP contribution in [0, 0.1) is 11.3 Å². The summed E-state index contributed by atoms with van der Waals surface area (Å²) < 4.78 is 5.41. The molecule has 0 heterocycles. The fourth-order valence-corrected chi connectivity index (χ4v) is 1.64. The molecule has 5 nitrogen and oxygen atoms in total. The van der Waals surface area contributed by atoms with Crippen LogP contribution in [0.25, 0.3) is 0 Å². The molecule has 1 atom stereocenters. The number of amides is 1. The molecule has 0 aliphatic heterocycles. The van der Waals surface area contributed by atoms with Crippen molar-refractivity contribution in [3.8, 4) is 11.8 Å². The van der Waals surface area contributed by atoms with Crippen molar-refractivity contribution in [1.82, 2.24) is 5.32 Å². The van der Waals surface area contributed by atoms with Gasteiger partial charge in [-0.3, -0.25) is 4.79 Å². The molecule has 102 valence electrons.